The molecule has 132 valence electrons. The first kappa shape index (κ1) is 16.8. The molecule has 3 aromatic rings. The molecule has 5 heteroatoms. The van der Waals surface area contributed by atoms with Crippen LogP contribution in [0.2, 0.25) is 0 Å². The Morgan fingerprint density at radius 1 is 1.08 bits per heavy atom. The van der Waals surface area contributed by atoms with Gasteiger partial charge in [-0.05, 0) is 23.8 Å². The minimum absolute atomic E-state index is 0.0404. The van der Waals surface area contributed by atoms with Crippen molar-refractivity contribution in [2.24, 2.45) is 0 Å². The fourth-order valence-electron chi connectivity index (χ4n) is 3.23. The average Bonchev–Trinajstić information content (AvgIpc) is 3.30. The lowest BCUT2D eigenvalue weighted by molar-refractivity contribution is -0.128. The summed E-state index contributed by atoms with van der Waals surface area (Å²) >= 11 is 1.68. The van der Waals surface area contributed by atoms with Crippen molar-refractivity contribution >= 4 is 17.7 Å². The fraction of sp³-hybridized carbons (Fsp3) is 0.190. The van der Waals surface area contributed by atoms with Crippen molar-refractivity contribution in [3.63, 3.8) is 0 Å². The number of amides is 1. The third-order valence-corrected chi connectivity index (χ3v) is 5.78. The van der Waals surface area contributed by atoms with Gasteiger partial charge in [-0.1, -0.05) is 42.5 Å². The van der Waals surface area contributed by atoms with E-state index in [4.69, 9.17) is 4.74 Å². The number of aromatic nitrogens is 1. The highest BCUT2D eigenvalue weighted by Gasteiger charge is 2.33. The van der Waals surface area contributed by atoms with E-state index in [1.165, 1.54) is 0 Å². The highest BCUT2D eigenvalue weighted by atomic mass is 32.2. The molecular formula is C21H20N2O2S. The van der Waals surface area contributed by atoms with Gasteiger partial charge < -0.3 is 14.2 Å². The summed E-state index contributed by atoms with van der Waals surface area (Å²) < 4.78 is 7.51. The van der Waals surface area contributed by atoms with Crippen molar-refractivity contribution in [1.29, 1.82) is 0 Å². The molecule has 0 aliphatic carbocycles. The SMILES string of the molecule is COc1ccccc1-n1ccc(C2SCC(=O)N2Cc2ccccc2)c1. The lowest BCUT2D eigenvalue weighted by atomic mass is 10.2. The van der Waals surface area contributed by atoms with Gasteiger partial charge in [-0.25, -0.2) is 0 Å². The zero-order valence-corrected chi connectivity index (χ0v) is 15.4. The zero-order valence-electron chi connectivity index (χ0n) is 14.5. The quantitative estimate of drug-likeness (QED) is 0.678. The van der Waals surface area contributed by atoms with E-state index in [0.29, 0.717) is 12.3 Å². The molecule has 0 radical (unpaired) electrons. The number of methoxy groups -OCH3 is 1. The highest BCUT2D eigenvalue weighted by molar-refractivity contribution is 8.00. The first-order valence-electron chi connectivity index (χ1n) is 8.52. The summed E-state index contributed by atoms with van der Waals surface area (Å²) in [7, 11) is 1.68. The minimum atomic E-state index is 0.0404. The maximum Gasteiger partial charge on any atom is 0.234 e. The molecule has 1 aliphatic rings. The normalized spacial score (nSPS) is 16.9. The Balaban J connectivity index is 1.61. The second-order valence-electron chi connectivity index (χ2n) is 6.19. The van der Waals surface area contributed by atoms with Gasteiger partial charge in [0.15, 0.2) is 0 Å². The lowest BCUT2D eigenvalue weighted by Crippen LogP contribution is -2.27. The van der Waals surface area contributed by atoms with Crippen LogP contribution in [-0.4, -0.2) is 28.2 Å². The molecular weight excluding hydrogens is 344 g/mol. The van der Waals surface area contributed by atoms with Crippen LogP contribution in [0.1, 0.15) is 16.5 Å². The van der Waals surface area contributed by atoms with Gasteiger partial charge >= 0.3 is 0 Å². The number of thioether (sulfide) groups is 1. The molecule has 1 saturated heterocycles. The predicted molar refractivity (Wildman–Crippen MR) is 105 cm³/mol. The minimum Gasteiger partial charge on any atom is -0.495 e. The van der Waals surface area contributed by atoms with Crippen molar-refractivity contribution in [3.05, 3.63) is 84.2 Å². The number of rotatable bonds is 5. The molecule has 0 bridgehead atoms. The summed E-state index contributed by atoms with van der Waals surface area (Å²) in [5, 5.41) is 0.0404. The number of nitrogens with zero attached hydrogens (tertiary/aromatic N) is 2. The summed E-state index contributed by atoms with van der Waals surface area (Å²) in [5.41, 5.74) is 3.27. The maximum atomic E-state index is 12.4. The Morgan fingerprint density at radius 3 is 2.65 bits per heavy atom. The standard InChI is InChI=1S/C21H20N2O2S/c1-25-19-10-6-5-9-18(19)22-12-11-17(14-22)21-23(20(24)15-26-21)13-16-7-3-2-4-8-16/h2-12,14,21H,13,15H2,1H3. The van der Waals surface area contributed by atoms with Crippen LogP contribution in [-0.2, 0) is 11.3 Å². The molecule has 0 saturated carbocycles. The van der Waals surface area contributed by atoms with E-state index in [1.807, 2.05) is 53.6 Å². The van der Waals surface area contributed by atoms with E-state index in [0.717, 1.165) is 22.6 Å². The second kappa shape index (κ2) is 7.30. The van der Waals surface area contributed by atoms with E-state index in [9.17, 15) is 4.79 Å². The van der Waals surface area contributed by atoms with Crippen LogP contribution in [0.4, 0.5) is 0 Å². The van der Waals surface area contributed by atoms with Crippen molar-refractivity contribution in [3.8, 4) is 11.4 Å². The van der Waals surface area contributed by atoms with Crippen molar-refractivity contribution in [2.45, 2.75) is 11.9 Å². The number of ether oxygens (including phenoxy) is 1. The first-order valence-corrected chi connectivity index (χ1v) is 9.57. The third kappa shape index (κ3) is 3.22. The van der Waals surface area contributed by atoms with Gasteiger partial charge in [0.05, 0.1) is 18.6 Å². The Hall–Kier alpha value is -2.66. The van der Waals surface area contributed by atoms with E-state index in [-0.39, 0.29) is 11.3 Å². The Morgan fingerprint density at radius 2 is 1.85 bits per heavy atom. The van der Waals surface area contributed by atoms with Crippen molar-refractivity contribution in [1.82, 2.24) is 9.47 Å². The summed E-state index contributed by atoms with van der Waals surface area (Å²) in [5.74, 6) is 1.54. The fourth-order valence-corrected chi connectivity index (χ4v) is 4.40. The maximum absolute atomic E-state index is 12.4. The molecule has 1 atom stereocenters. The summed E-state index contributed by atoms with van der Waals surface area (Å²) in [6.45, 7) is 0.636. The van der Waals surface area contributed by atoms with Gasteiger partial charge in [0.2, 0.25) is 5.91 Å². The zero-order chi connectivity index (χ0) is 17.9. The topological polar surface area (TPSA) is 34.5 Å². The van der Waals surface area contributed by atoms with Gasteiger partial charge in [-0.3, -0.25) is 4.79 Å². The van der Waals surface area contributed by atoms with Crippen molar-refractivity contribution < 1.29 is 9.53 Å². The monoisotopic (exact) mass is 364 g/mol. The number of hydrogen-bond donors (Lipinski definition) is 0. The predicted octanol–water partition coefficient (Wildman–Crippen LogP) is 4.26. The van der Waals surface area contributed by atoms with Crippen LogP contribution in [0.25, 0.3) is 5.69 Å². The van der Waals surface area contributed by atoms with Crippen LogP contribution < -0.4 is 4.74 Å². The Labute approximate surface area is 157 Å². The van der Waals surface area contributed by atoms with Gasteiger partial charge in [0, 0.05) is 24.5 Å². The van der Waals surface area contributed by atoms with Crippen LogP contribution in [0.3, 0.4) is 0 Å². The van der Waals surface area contributed by atoms with Gasteiger partial charge in [0.1, 0.15) is 11.1 Å². The van der Waals surface area contributed by atoms with E-state index < -0.39 is 0 Å². The summed E-state index contributed by atoms with van der Waals surface area (Å²) in [4.78, 5) is 14.4. The van der Waals surface area contributed by atoms with Crippen LogP contribution in [0.15, 0.2) is 73.1 Å². The number of benzene rings is 2. The molecule has 1 fully saturated rings. The number of carbonyl (C=O) groups excluding carboxylic acids is 1. The summed E-state index contributed by atoms with van der Waals surface area (Å²) in [6.07, 6.45) is 4.11. The molecule has 1 aromatic heterocycles. The van der Waals surface area contributed by atoms with E-state index in [1.54, 1.807) is 18.9 Å². The molecule has 1 aliphatic heterocycles. The number of para-hydroxylation sites is 2. The second-order valence-corrected chi connectivity index (χ2v) is 7.26. The third-order valence-electron chi connectivity index (χ3n) is 4.53. The Bertz CT molecular complexity index is 907. The molecule has 4 nitrogen and oxygen atoms in total. The molecule has 2 aromatic carbocycles. The molecule has 2 heterocycles. The van der Waals surface area contributed by atoms with Crippen LogP contribution >= 0.6 is 11.8 Å². The molecule has 1 unspecified atom stereocenters. The number of hydrogen-bond acceptors (Lipinski definition) is 3. The molecule has 0 spiro atoms. The van der Waals surface area contributed by atoms with Gasteiger partial charge in [0.25, 0.3) is 0 Å². The van der Waals surface area contributed by atoms with Gasteiger partial charge in [-0.15, -0.1) is 11.8 Å². The highest BCUT2D eigenvalue weighted by Crippen LogP contribution is 2.40. The van der Waals surface area contributed by atoms with Gasteiger partial charge in [-0.2, -0.15) is 0 Å². The summed E-state index contributed by atoms with van der Waals surface area (Å²) in [6, 6.07) is 20.2. The molecule has 4 rings (SSSR count). The smallest absolute Gasteiger partial charge is 0.234 e. The van der Waals surface area contributed by atoms with Crippen LogP contribution in [0.5, 0.6) is 5.75 Å². The van der Waals surface area contributed by atoms with Crippen LogP contribution in [0, 0.1) is 0 Å². The first-order chi connectivity index (χ1) is 12.8. The van der Waals surface area contributed by atoms with E-state index in [2.05, 4.69) is 29.0 Å². The largest absolute Gasteiger partial charge is 0.495 e. The molecule has 0 N–H and O–H groups in total. The molecule has 26 heavy (non-hydrogen) atoms. The van der Waals surface area contributed by atoms with E-state index >= 15 is 0 Å². The molecule has 1 amide bonds. The Kier molecular flexibility index (Phi) is 4.71. The average molecular weight is 364 g/mol. The number of carbonyl (C=O) groups is 1. The lowest BCUT2D eigenvalue weighted by Gasteiger charge is -2.23. The van der Waals surface area contributed by atoms with Crippen molar-refractivity contribution in [2.75, 3.05) is 12.9 Å².